The molecule has 2 amide bonds. The van der Waals surface area contributed by atoms with Crippen molar-refractivity contribution in [1.29, 1.82) is 0 Å². The van der Waals surface area contributed by atoms with Gasteiger partial charge in [0.1, 0.15) is 5.75 Å². The van der Waals surface area contributed by atoms with Gasteiger partial charge in [-0.05, 0) is 31.2 Å². The van der Waals surface area contributed by atoms with Crippen LogP contribution in [0.15, 0.2) is 24.3 Å². The molecular formula is C16H21N2O5S+. The third-order valence-electron chi connectivity index (χ3n) is 3.55. The Labute approximate surface area is 144 Å². The number of hydrogen-bond donors (Lipinski definition) is 1. The number of anilines is 1. The largest absolute Gasteiger partial charge is 0.497 e. The predicted molar refractivity (Wildman–Crippen MR) is 89.7 cm³/mol. The standard InChI is InChI=1S/C16H20N2O5S/c1-3-23-16(21)12(17)9-24-13-8-14(19)18(15(13)20)10-4-6-11(22-2)7-5-10/h4-7,12-13H,3,8-9,17H2,1-2H3/p+1/t12-,13-/m1/s1. The first-order chi connectivity index (χ1) is 11.5. The maximum atomic E-state index is 12.5. The lowest BCUT2D eigenvalue weighted by molar-refractivity contribution is -0.401. The maximum Gasteiger partial charge on any atom is 0.365 e. The highest BCUT2D eigenvalue weighted by molar-refractivity contribution is 8.00. The highest BCUT2D eigenvalue weighted by atomic mass is 32.2. The van der Waals surface area contributed by atoms with Crippen molar-refractivity contribution in [3.63, 3.8) is 0 Å². The molecule has 0 aliphatic carbocycles. The normalized spacial score (nSPS) is 18.6. The van der Waals surface area contributed by atoms with Gasteiger partial charge in [0, 0.05) is 6.42 Å². The molecule has 1 aromatic rings. The van der Waals surface area contributed by atoms with Crippen molar-refractivity contribution in [3.8, 4) is 5.75 Å². The van der Waals surface area contributed by atoms with E-state index < -0.39 is 17.3 Å². The number of carbonyl (C=O) groups excluding carboxylic acids is 3. The van der Waals surface area contributed by atoms with E-state index in [0.717, 1.165) is 0 Å². The van der Waals surface area contributed by atoms with Crippen LogP contribution in [0.3, 0.4) is 0 Å². The van der Waals surface area contributed by atoms with E-state index in [1.807, 2.05) is 0 Å². The van der Waals surface area contributed by atoms with Gasteiger partial charge in [-0.3, -0.25) is 9.59 Å². The quantitative estimate of drug-likeness (QED) is 0.556. The van der Waals surface area contributed by atoms with Gasteiger partial charge in [0.25, 0.3) is 0 Å². The summed E-state index contributed by atoms with van der Waals surface area (Å²) in [6.45, 7) is 2.02. The fourth-order valence-electron chi connectivity index (χ4n) is 2.30. The molecule has 1 heterocycles. The summed E-state index contributed by atoms with van der Waals surface area (Å²) in [6, 6.07) is 6.18. The Hall–Kier alpha value is -2.06. The third kappa shape index (κ3) is 4.07. The first-order valence-electron chi connectivity index (χ1n) is 7.60. The second-order valence-corrected chi connectivity index (χ2v) is 6.48. The van der Waals surface area contributed by atoms with Crippen molar-refractivity contribution in [2.45, 2.75) is 24.6 Å². The highest BCUT2D eigenvalue weighted by Gasteiger charge is 2.40. The number of rotatable bonds is 7. The number of carbonyl (C=O) groups is 3. The van der Waals surface area contributed by atoms with Crippen molar-refractivity contribution in [2.75, 3.05) is 24.4 Å². The molecule has 0 bridgehead atoms. The van der Waals surface area contributed by atoms with Crippen LogP contribution in [0.5, 0.6) is 5.75 Å². The molecular weight excluding hydrogens is 332 g/mol. The molecule has 0 aromatic heterocycles. The number of amides is 2. The average molecular weight is 353 g/mol. The van der Waals surface area contributed by atoms with E-state index >= 15 is 0 Å². The SMILES string of the molecule is CCOC(=O)[C@H]([NH3+])CS[C@@H]1CC(=O)N(c2ccc(OC)cc2)C1=O. The van der Waals surface area contributed by atoms with Crippen LogP contribution in [-0.4, -0.2) is 48.5 Å². The van der Waals surface area contributed by atoms with E-state index in [-0.39, 0.29) is 18.2 Å². The van der Waals surface area contributed by atoms with Gasteiger partial charge in [0.15, 0.2) is 6.04 Å². The van der Waals surface area contributed by atoms with Crippen LogP contribution in [0.4, 0.5) is 5.69 Å². The van der Waals surface area contributed by atoms with Gasteiger partial charge in [-0.15, -0.1) is 11.8 Å². The van der Waals surface area contributed by atoms with E-state index in [1.54, 1.807) is 38.3 Å². The van der Waals surface area contributed by atoms with Gasteiger partial charge in [-0.25, -0.2) is 9.69 Å². The summed E-state index contributed by atoms with van der Waals surface area (Å²) in [6.07, 6.45) is 0.116. The van der Waals surface area contributed by atoms with Gasteiger partial charge in [-0.1, -0.05) is 0 Å². The van der Waals surface area contributed by atoms with E-state index in [1.165, 1.54) is 16.7 Å². The number of thioether (sulfide) groups is 1. The monoisotopic (exact) mass is 353 g/mol. The molecule has 24 heavy (non-hydrogen) atoms. The van der Waals surface area contributed by atoms with Gasteiger partial charge in [-0.2, -0.15) is 0 Å². The zero-order chi connectivity index (χ0) is 17.7. The van der Waals surface area contributed by atoms with Crippen molar-refractivity contribution in [3.05, 3.63) is 24.3 Å². The second-order valence-electron chi connectivity index (χ2n) is 5.24. The van der Waals surface area contributed by atoms with Crippen molar-refractivity contribution in [1.82, 2.24) is 0 Å². The third-order valence-corrected chi connectivity index (χ3v) is 4.92. The molecule has 0 saturated carbocycles. The van der Waals surface area contributed by atoms with E-state index in [2.05, 4.69) is 5.73 Å². The summed E-state index contributed by atoms with van der Waals surface area (Å²) in [7, 11) is 1.55. The number of benzene rings is 1. The molecule has 7 nitrogen and oxygen atoms in total. The molecule has 130 valence electrons. The predicted octanol–water partition coefficient (Wildman–Crippen LogP) is 0.234. The first kappa shape index (κ1) is 18.3. The molecule has 0 unspecified atom stereocenters. The fraction of sp³-hybridized carbons (Fsp3) is 0.438. The Morgan fingerprint density at radius 3 is 2.62 bits per heavy atom. The lowest BCUT2D eigenvalue weighted by Crippen LogP contribution is -2.66. The number of imide groups is 1. The number of hydrogen-bond acceptors (Lipinski definition) is 6. The van der Waals surface area contributed by atoms with Gasteiger partial charge < -0.3 is 15.2 Å². The van der Waals surface area contributed by atoms with Gasteiger partial charge >= 0.3 is 5.97 Å². The lowest BCUT2D eigenvalue weighted by atomic mass is 10.3. The molecule has 1 aliphatic rings. The highest BCUT2D eigenvalue weighted by Crippen LogP contribution is 2.30. The maximum absolute atomic E-state index is 12.5. The lowest BCUT2D eigenvalue weighted by Gasteiger charge is -2.15. The number of esters is 1. The summed E-state index contributed by atoms with van der Waals surface area (Å²) in [5, 5.41) is -0.502. The fourth-order valence-corrected chi connectivity index (χ4v) is 3.41. The number of quaternary nitrogens is 1. The molecule has 1 saturated heterocycles. The van der Waals surface area contributed by atoms with Gasteiger partial charge in [0.2, 0.25) is 11.8 Å². The Morgan fingerprint density at radius 1 is 1.38 bits per heavy atom. The molecule has 8 heteroatoms. The van der Waals surface area contributed by atoms with E-state index in [0.29, 0.717) is 23.8 Å². The van der Waals surface area contributed by atoms with E-state index in [4.69, 9.17) is 9.47 Å². The minimum Gasteiger partial charge on any atom is -0.497 e. The Balaban J connectivity index is 1.99. The van der Waals surface area contributed by atoms with Crippen LogP contribution in [0, 0.1) is 0 Å². The Bertz CT molecular complexity index is 619. The molecule has 1 aliphatic heterocycles. The van der Waals surface area contributed by atoms with Crippen molar-refractivity contribution >= 4 is 35.2 Å². The molecule has 0 spiro atoms. The van der Waals surface area contributed by atoms with Crippen molar-refractivity contribution in [2.24, 2.45) is 0 Å². The van der Waals surface area contributed by atoms with Crippen LogP contribution in [-0.2, 0) is 19.1 Å². The van der Waals surface area contributed by atoms with Crippen LogP contribution in [0.1, 0.15) is 13.3 Å². The zero-order valence-electron chi connectivity index (χ0n) is 13.7. The summed E-state index contributed by atoms with van der Waals surface area (Å²) in [4.78, 5) is 37.4. The minimum atomic E-state index is -0.562. The Morgan fingerprint density at radius 2 is 2.04 bits per heavy atom. The van der Waals surface area contributed by atoms with Crippen molar-refractivity contribution < 1.29 is 29.6 Å². The summed E-state index contributed by atoms with van der Waals surface area (Å²) >= 11 is 1.26. The van der Waals surface area contributed by atoms with Crippen LogP contribution >= 0.6 is 11.8 Å². The number of nitrogens with zero attached hydrogens (tertiary/aromatic N) is 1. The number of ether oxygens (including phenoxy) is 2. The summed E-state index contributed by atoms with van der Waals surface area (Å²) in [5.74, 6) is 0.0661. The second kappa shape index (κ2) is 8.16. The molecule has 3 N–H and O–H groups in total. The molecule has 2 rings (SSSR count). The molecule has 1 fully saturated rings. The van der Waals surface area contributed by atoms with Crippen LogP contribution < -0.4 is 15.4 Å². The smallest absolute Gasteiger partial charge is 0.365 e. The van der Waals surface area contributed by atoms with Crippen LogP contribution in [0.25, 0.3) is 0 Å². The topological polar surface area (TPSA) is 101 Å². The van der Waals surface area contributed by atoms with Gasteiger partial charge in [0.05, 0.1) is 30.4 Å². The molecule has 2 atom stereocenters. The van der Waals surface area contributed by atoms with E-state index in [9.17, 15) is 14.4 Å². The molecule has 1 aromatic carbocycles. The van der Waals surface area contributed by atoms with Crippen LogP contribution in [0.2, 0.25) is 0 Å². The number of methoxy groups -OCH3 is 1. The summed E-state index contributed by atoms with van der Waals surface area (Å²) in [5.41, 5.74) is 4.26. The zero-order valence-corrected chi connectivity index (χ0v) is 14.5. The molecule has 0 radical (unpaired) electrons. The Kier molecular flexibility index (Phi) is 6.22. The first-order valence-corrected chi connectivity index (χ1v) is 8.65. The summed E-state index contributed by atoms with van der Waals surface area (Å²) < 4.78 is 9.96. The minimum absolute atomic E-state index is 0.116. The average Bonchev–Trinajstić information content (AvgIpc) is 2.86.